The lowest BCUT2D eigenvalue weighted by molar-refractivity contribution is 0.0909. The fourth-order valence-electron chi connectivity index (χ4n) is 3.47. The molecule has 0 aliphatic carbocycles. The molecule has 2 aromatic carbocycles. The summed E-state index contributed by atoms with van der Waals surface area (Å²) in [6.45, 7) is 2.57. The maximum atomic E-state index is 12.9. The minimum Gasteiger partial charge on any atom is -0.497 e. The van der Waals surface area contributed by atoms with Gasteiger partial charge in [-0.25, -0.2) is 8.42 Å². The SMILES string of the molecule is COc1ccc(NS(C)(=O)=O)c(C(=O)NC2CCN(Cc3ccc(Cl)cc3)CC2)c1. The van der Waals surface area contributed by atoms with E-state index in [9.17, 15) is 13.2 Å². The first-order valence-electron chi connectivity index (χ1n) is 9.67. The second-order valence-electron chi connectivity index (χ2n) is 7.44. The van der Waals surface area contributed by atoms with Crippen molar-refractivity contribution >= 4 is 33.2 Å². The van der Waals surface area contributed by atoms with Crippen LogP contribution >= 0.6 is 11.6 Å². The van der Waals surface area contributed by atoms with E-state index in [1.807, 2.05) is 24.3 Å². The van der Waals surface area contributed by atoms with E-state index in [4.69, 9.17) is 16.3 Å². The van der Waals surface area contributed by atoms with Crippen LogP contribution in [0.3, 0.4) is 0 Å². The number of carbonyl (C=O) groups is 1. The van der Waals surface area contributed by atoms with Crippen molar-refractivity contribution in [3.8, 4) is 5.75 Å². The minimum absolute atomic E-state index is 0.0243. The van der Waals surface area contributed by atoms with Crippen molar-refractivity contribution in [1.82, 2.24) is 10.2 Å². The van der Waals surface area contributed by atoms with Gasteiger partial charge in [0.05, 0.1) is 24.6 Å². The van der Waals surface area contributed by atoms with Crippen molar-refractivity contribution < 1.29 is 17.9 Å². The van der Waals surface area contributed by atoms with Crippen molar-refractivity contribution in [3.63, 3.8) is 0 Å². The molecule has 1 amide bonds. The van der Waals surface area contributed by atoms with Crippen molar-refractivity contribution in [2.45, 2.75) is 25.4 Å². The van der Waals surface area contributed by atoms with Crippen LogP contribution in [-0.4, -0.2) is 51.7 Å². The zero-order valence-corrected chi connectivity index (χ0v) is 18.6. The molecule has 0 radical (unpaired) electrons. The number of carbonyl (C=O) groups excluding carboxylic acids is 1. The zero-order chi connectivity index (χ0) is 21.7. The van der Waals surface area contributed by atoms with Gasteiger partial charge in [-0.15, -0.1) is 0 Å². The highest BCUT2D eigenvalue weighted by Gasteiger charge is 2.23. The first-order valence-corrected chi connectivity index (χ1v) is 11.9. The Morgan fingerprint density at radius 1 is 1.17 bits per heavy atom. The number of piperidine rings is 1. The summed E-state index contributed by atoms with van der Waals surface area (Å²) in [7, 11) is -2.01. The van der Waals surface area contributed by atoms with Gasteiger partial charge in [0, 0.05) is 30.7 Å². The molecule has 2 aromatic rings. The Balaban J connectivity index is 1.61. The van der Waals surface area contributed by atoms with Gasteiger partial charge < -0.3 is 10.1 Å². The van der Waals surface area contributed by atoms with E-state index in [0.717, 1.165) is 43.8 Å². The fourth-order valence-corrected chi connectivity index (χ4v) is 4.18. The highest BCUT2D eigenvalue weighted by molar-refractivity contribution is 7.92. The molecule has 1 aliphatic rings. The van der Waals surface area contributed by atoms with Crippen LogP contribution in [0, 0.1) is 0 Å². The van der Waals surface area contributed by atoms with E-state index in [-0.39, 0.29) is 23.2 Å². The number of rotatable bonds is 7. The quantitative estimate of drug-likeness (QED) is 0.675. The summed E-state index contributed by atoms with van der Waals surface area (Å²) in [4.78, 5) is 15.2. The average Bonchev–Trinajstić information content (AvgIpc) is 2.70. The number of nitrogens with zero attached hydrogens (tertiary/aromatic N) is 1. The molecule has 9 heteroatoms. The lowest BCUT2D eigenvalue weighted by Gasteiger charge is -2.32. The fraction of sp³-hybridized carbons (Fsp3) is 0.381. The molecule has 1 heterocycles. The maximum absolute atomic E-state index is 12.9. The second-order valence-corrected chi connectivity index (χ2v) is 9.62. The van der Waals surface area contributed by atoms with Gasteiger partial charge in [0.25, 0.3) is 5.91 Å². The normalized spacial score (nSPS) is 15.6. The molecule has 7 nitrogen and oxygen atoms in total. The lowest BCUT2D eigenvalue weighted by Crippen LogP contribution is -2.44. The number of anilines is 1. The van der Waals surface area contributed by atoms with E-state index in [1.54, 1.807) is 12.1 Å². The third-order valence-corrected chi connectivity index (χ3v) is 5.85. The third-order valence-electron chi connectivity index (χ3n) is 5.01. The van der Waals surface area contributed by atoms with Crippen molar-refractivity contribution in [1.29, 1.82) is 0 Å². The second kappa shape index (κ2) is 9.68. The van der Waals surface area contributed by atoms with Crippen LogP contribution in [0.25, 0.3) is 0 Å². The smallest absolute Gasteiger partial charge is 0.253 e. The Bertz CT molecular complexity index is 988. The highest BCUT2D eigenvalue weighted by Crippen LogP contribution is 2.24. The number of ether oxygens (including phenoxy) is 1. The van der Waals surface area contributed by atoms with Crippen LogP contribution in [0.4, 0.5) is 5.69 Å². The Morgan fingerprint density at radius 3 is 2.43 bits per heavy atom. The summed E-state index contributed by atoms with van der Waals surface area (Å²) in [5, 5.41) is 3.76. The predicted octanol–water partition coefficient (Wildman–Crippen LogP) is 3.11. The predicted molar refractivity (Wildman–Crippen MR) is 119 cm³/mol. The zero-order valence-electron chi connectivity index (χ0n) is 17.0. The number of methoxy groups -OCH3 is 1. The summed E-state index contributed by atoms with van der Waals surface area (Å²) in [6.07, 6.45) is 2.69. The number of amides is 1. The monoisotopic (exact) mass is 451 g/mol. The molecule has 162 valence electrons. The molecule has 0 spiro atoms. The van der Waals surface area contributed by atoms with Crippen molar-refractivity contribution in [2.24, 2.45) is 0 Å². The number of halogens is 1. The lowest BCUT2D eigenvalue weighted by atomic mass is 10.0. The summed E-state index contributed by atoms with van der Waals surface area (Å²) in [5.41, 5.74) is 1.68. The first kappa shape index (κ1) is 22.4. The summed E-state index contributed by atoms with van der Waals surface area (Å²) < 4.78 is 30.9. The van der Waals surface area contributed by atoms with Gasteiger partial charge in [0.15, 0.2) is 0 Å². The van der Waals surface area contributed by atoms with Gasteiger partial charge in [-0.2, -0.15) is 0 Å². The van der Waals surface area contributed by atoms with Crippen molar-refractivity contribution in [3.05, 3.63) is 58.6 Å². The van der Waals surface area contributed by atoms with E-state index in [2.05, 4.69) is 14.9 Å². The van der Waals surface area contributed by atoms with E-state index in [0.29, 0.717) is 5.75 Å². The van der Waals surface area contributed by atoms with Crippen LogP contribution in [0.15, 0.2) is 42.5 Å². The average molecular weight is 452 g/mol. The number of nitrogens with one attached hydrogen (secondary N) is 2. The molecular weight excluding hydrogens is 426 g/mol. The molecule has 0 bridgehead atoms. The van der Waals surface area contributed by atoms with Crippen LogP contribution < -0.4 is 14.8 Å². The molecule has 0 atom stereocenters. The minimum atomic E-state index is -3.51. The summed E-state index contributed by atoms with van der Waals surface area (Å²) in [6, 6.07) is 12.5. The van der Waals surface area contributed by atoms with Gasteiger partial charge >= 0.3 is 0 Å². The first-order chi connectivity index (χ1) is 14.2. The topological polar surface area (TPSA) is 87.7 Å². The number of hydrogen-bond donors (Lipinski definition) is 2. The molecule has 1 fully saturated rings. The molecule has 0 saturated carbocycles. The van der Waals surface area contributed by atoms with Crippen LogP contribution in [0.5, 0.6) is 5.75 Å². The molecule has 1 saturated heterocycles. The third kappa shape index (κ3) is 6.35. The van der Waals surface area contributed by atoms with Crippen LogP contribution in [0.1, 0.15) is 28.8 Å². The van der Waals surface area contributed by atoms with Gasteiger partial charge in [0.1, 0.15) is 5.75 Å². The van der Waals surface area contributed by atoms with Crippen molar-refractivity contribution in [2.75, 3.05) is 31.2 Å². The van der Waals surface area contributed by atoms with Crippen LogP contribution in [-0.2, 0) is 16.6 Å². The van der Waals surface area contributed by atoms with Gasteiger partial charge in [-0.05, 0) is 48.7 Å². The summed E-state index contributed by atoms with van der Waals surface area (Å²) in [5.74, 6) is 0.160. The largest absolute Gasteiger partial charge is 0.497 e. The van der Waals surface area contributed by atoms with Gasteiger partial charge in [0.2, 0.25) is 10.0 Å². The number of hydrogen-bond acceptors (Lipinski definition) is 5. The molecule has 3 rings (SSSR count). The standard InChI is InChI=1S/C21H26ClN3O4S/c1-29-18-7-8-20(24-30(2,27)28)19(13-18)21(26)23-17-9-11-25(12-10-17)14-15-3-5-16(22)6-4-15/h3-8,13,17,24H,9-12,14H2,1-2H3,(H,23,26). The van der Waals surface area contributed by atoms with Crippen LogP contribution in [0.2, 0.25) is 5.02 Å². The molecule has 0 aromatic heterocycles. The Morgan fingerprint density at radius 2 is 1.83 bits per heavy atom. The van der Waals surface area contributed by atoms with E-state index < -0.39 is 10.0 Å². The Labute approximate surface area is 182 Å². The molecule has 0 unspecified atom stereocenters. The molecule has 1 aliphatic heterocycles. The molecular formula is C21H26ClN3O4S. The number of benzene rings is 2. The summed E-state index contributed by atoms with van der Waals surface area (Å²) >= 11 is 5.94. The Kier molecular flexibility index (Phi) is 7.23. The Hall–Kier alpha value is -2.29. The molecule has 2 N–H and O–H groups in total. The highest BCUT2D eigenvalue weighted by atomic mass is 35.5. The molecule has 30 heavy (non-hydrogen) atoms. The number of sulfonamides is 1. The van der Waals surface area contributed by atoms with Gasteiger partial charge in [-0.3, -0.25) is 14.4 Å². The van der Waals surface area contributed by atoms with E-state index in [1.165, 1.54) is 18.7 Å². The van der Waals surface area contributed by atoms with Gasteiger partial charge in [-0.1, -0.05) is 23.7 Å². The maximum Gasteiger partial charge on any atom is 0.253 e. The number of likely N-dealkylation sites (tertiary alicyclic amines) is 1. The van der Waals surface area contributed by atoms with E-state index >= 15 is 0 Å².